The molecule has 3 nitrogen and oxygen atoms in total. The lowest BCUT2D eigenvalue weighted by Crippen LogP contribution is -2.49. The van der Waals surface area contributed by atoms with Gasteiger partial charge in [-0.1, -0.05) is 13.8 Å². The highest BCUT2D eigenvalue weighted by Gasteiger charge is 2.34. The molecule has 0 aromatic carbocycles. The monoisotopic (exact) mass is 256 g/mol. The third-order valence-electron chi connectivity index (χ3n) is 3.98. The molecule has 0 bridgehead atoms. The van der Waals surface area contributed by atoms with E-state index in [4.69, 9.17) is 4.74 Å². The van der Waals surface area contributed by atoms with Gasteiger partial charge in [-0.2, -0.15) is 0 Å². The molecule has 3 heteroatoms. The molecule has 0 aromatic heterocycles. The fourth-order valence-electron chi connectivity index (χ4n) is 2.97. The topological polar surface area (TPSA) is 24.5 Å². The second-order valence-electron chi connectivity index (χ2n) is 6.60. The average molecular weight is 256 g/mol. The molecule has 0 spiro atoms. The standard InChI is InChI=1S/C15H32N2O/c1-13(2)10-17(14(3)4)11-15(12-18-5)6-8-16-9-7-15/h13-14,16H,6-12H2,1-5H3. The molecule has 0 atom stereocenters. The number of nitrogens with zero attached hydrogens (tertiary/aromatic N) is 1. The fraction of sp³-hybridized carbons (Fsp3) is 1.00. The minimum Gasteiger partial charge on any atom is -0.384 e. The summed E-state index contributed by atoms with van der Waals surface area (Å²) < 4.78 is 5.52. The Balaban J connectivity index is 2.66. The summed E-state index contributed by atoms with van der Waals surface area (Å²) in [5.41, 5.74) is 0.360. The minimum absolute atomic E-state index is 0.360. The van der Waals surface area contributed by atoms with Crippen molar-refractivity contribution in [3.05, 3.63) is 0 Å². The van der Waals surface area contributed by atoms with E-state index in [0.717, 1.165) is 25.6 Å². The van der Waals surface area contributed by atoms with Crippen LogP contribution in [0.2, 0.25) is 0 Å². The molecule has 0 aliphatic carbocycles. The van der Waals surface area contributed by atoms with E-state index in [0.29, 0.717) is 11.5 Å². The summed E-state index contributed by atoms with van der Waals surface area (Å²) in [5, 5.41) is 3.47. The fourth-order valence-corrected chi connectivity index (χ4v) is 2.97. The van der Waals surface area contributed by atoms with Crippen LogP contribution < -0.4 is 5.32 Å². The highest BCUT2D eigenvalue weighted by Crippen LogP contribution is 2.31. The van der Waals surface area contributed by atoms with E-state index in [9.17, 15) is 0 Å². The first-order chi connectivity index (χ1) is 8.49. The van der Waals surface area contributed by atoms with Crippen LogP contribution in [0.15, 0.2) is 0 Å². The Bertz CT molecular complexity index is 217. The predicted octanol–water partition coefficient (Wildman–Crippen LogP) is 2.37. The summed E-state index contributed by atoms with van der Waals surface area (Å²) in [7, 11) is 1.84. The van der Waals surface area contributed by atoms with Crippen molar-refractivity contribution in [1.82, 2.24) is 10.2 Å². The maximum absolute atomic E-state index is 5.52. The summed E-state index contributed by atoms with van der Waals surface area (Å²) in [6.07, 6.45) is 2.48. The lowest BCUT2D eigenvalue weighted by Gasteiger charge is -2.42. The zero-order chi connectivity index (χ0) is 13.6. The number of methoxy groups -OCH3 is 1. The Morgan fingerprint density at radius 1 is 1.17 bits per heavy atom. The molecule has 0 unspecified atom stereocenters. The normalized spacial score (nSPS) is 20.0. The molecule has 1 aliphatic heterocycles. The molecule has 1 rings (SSSR count). The molecule has 0 aromatic rings. The molecule has 0 radical (unpaired) electrons. The van der Waals surface area contributed by atoms with Crippen LogP contribution in [0.1, 0.15) is 40.5 Å². The van der Waals surface area contributed by atoms with E-state index in [1.807, 2.05) is 7.11 Å². The SMILES string of the molecule is COCC1(CN(CC(C)C)C(C)C)CCNCC1. The first-order valence-electron chi connectivity index (χ1n) is 7.43. The lowest BCUT2D eigenvalue weighted by atomic mass is 9.78. The highest BCUT2D eigenvalue weighted by molar-refractivity contribution is 4.88. The van der Waals surface area contributed by atoms with E-state index >= 15 is 0 Å². The van der Waals surface area contributed by atoms with Gasteiger partial charge < -0.3 is 15.0 Å². The van der Waals surface area contributed by atoms with Crippen molar-refractivity contribution >= 4 is 0 Å². The highest BCUT2D eigenvalue weighted by atomic mass is 16.5. The van der Waals surface area contributed by atoms with Crippen LogP contribution >= 0.6 is 0 Å². The molecule has 0 amide bonds. The molecule has 108 valence electrons. The van der Waals surface area contributed by atoms with Crippen LogP contribution in [0.3, 0.4) is 0 Å². The van der Waals surface area contributed by atoms with Crippen molar-refractivity contribution < 1.29 is 4.74 Å². The number of nitrogens with one attached hydrogen (secondary N) is 1. The summed E-state index contributed by atoms with van der Waals surface area (Å²) >= 11 is 0. The van der Waals surface area contributed by atoms with Crippen LogP contribution in [0.4, 0.5) is 0 Å². The third kappa shape index (κ3) is 4.87. The number of hydrogen-bond donors (Lipinski definition) is 1. The van der Waals surface area contributed by atoms with Gasteiger partial charge in [0, 0.05) is 31.7 Å². The Morgan fingerprint density at radius 3 is 2.22 bits per heavy atom. The van der Waals surface area contributed by atoms with E-state index in [1.54, 1.807) is 0 Å². The van der Waals surface area contributed by atoms with Crippen molar-refractivity contribution in [3.8, 4) is 0 Å². The third-order valence-corrected chi connectivity index (χ3v) is 3.98. The molecular formula is C15H32N2O. The van der Waals surface area contributed by atoms with Crippen LogP contribution in [0.5, 0.6) is 0 Å². The van der Waals surface area contributed by atoms with Gasteiger partial charge >= 0.3 is 0 Å². The van der Waals surface area contributed by atoms with Gasteiger partial charge in [0.25, 0.3) is 0 Å². The van der Waals surface area contributed by atoms with E-state index in [-0.39, 0.29) is 0 Å². The molecular weight excluding hydrogens is 224 g/mol. The Kier molecular flexibility index (Phi) is 6.61. The summed E-state index contributed by atoms with van der Waals surface area (Å²) in [5.74, 6) is 0.730. The number of piperidine rings is 1. The first kappa shape index (κ1) is 15.9. The van der Waals surface area contributed by atoms with Crippen molar-refractivity contribution in [1.29, 1.82) is 0 Å². The van der Waals surface area contributed by atoms with E-state index in [1.165, 1.54) is 25.9 Å². The molecule has 1 heterocycles. The molecule has 1 N–H and O–H groups in total. The van der Waals surface area contributed by atoms with Gasteiger partial charge in [-0.05, 0) is 45.7 Å². The van der Waals surface area contributed by atoms with Crippen molar-refractivity contribution in [2.45, 2.75) is 46.6 Å². The largest absolute Gasteiger partial charge is 0.384 e. The van der Waals surface area contributed by atoms with Gasteiger partial charge in [0.2, 0.25) is 0 Å². The van der Waals surface area contributed by atoms with Gasteiger partial charge in [-0.15, -0.1) is 0 Å². The lowest BCUT2D eigenvalue weighted by molar-refractivity contribution is 0.0110. The number of ether oxygens (including phenoxy) is 1. The van der Waals surface area contributed by atoms with E-state index < -0.39 is 0 Å². The van der Waals surface area contributed by atoms with Crippen LogP contribution in [-0.4, -0.2) is 50.8 Å². The predicted molar refractivity (Wildman–Crippen MR) is 78.0 cm³/mol. The summed E-state index contributed by atoms with van der Waals surface area (Å²) in [6, 6.07) is 0.621. The molecule has 1 saturated heterocycles. The van der Waals surface area contributed by atoms with Crippen LogP contribution in [0.25, 0.3) is 0 Å². The number of rotatable bonds is 7. The first-order valence-corrected chi connectivity index (χ1v) is 7.43. The Labute approximate surface area is 113 Å². The minimum atomic E-state index is 0.360. The zero-order valence-corrected chi connectivity index (χ0v) is 13.0. The van der Waals surface area contributed by atoms with Crippen LogP contribution in [-0.2, 0) is 4.74 Å². The second kappa shape index (κ2) is 7.46. The molecule has 0 saturated carbocycles. The second-order valence-corrected chi connectivity index (χ2v) is 6.60. The van der Waals surface area contributed by atoms with Crippen molar-refractivity contribution in [2.75, 3.05) is 39.9 Å². The van der Waals surface area contributed by atoms with Crippen LogP contribution in [0, 0.1) is 11.3 Å². The van der Waals surface area contributed by atoms with Gasteiger partial charge in [0.1, 0.15) is 0 Å². The molecule has 1 aliphatic rings. The van der Waals surface area contributed by atoms with Gasteiger partial charge in [0.05, 0.1) is 6.61 Å². The van der Waals surface area contributed by atoms with E-state index in [2.05, 4.69) is 37.9 Å². The quantitative estimate of drug-likeness (QED) is 0.757. The van der Waals surface area contributed by atoms with Gasteiger partial charge in [-0.25, -0.2) is 0 Å². The van der Waals surface area contributed by atoms with Gasteiger partial charge in [0.15, 0.2) is 0 Å². The number of hydrogen-bond acceptors (Lipinski definition) is 3. The zero-order valence-electron chi connectivity index (χ0n) is 13.0. The Morgan fingerprint density at radius 2 is 1.78 bits per heavy atom. The van der Waals surface area contributed by atoms with Crippen molar-refractivity contribution in [2.24, 2.45) is 11.3 Å². The molecule has 1 fully saturated rings. The Hall–Kier alpha value is -0.120. The van der Waals surface area contributed by atoms with Crippen molar-refractivity contribution in [3.63, 3.8) is 0 Å². The average Bonchev–Trinajstić information content (AvgIpc) is 2.29. The summed E-state index contributed by atoms with van der Waals surface area (Å²) in [6.45, 7) is 14.8. The maximum Gasteiger partial charge on any atom is 0.0531 e. The van der Waals surface area contributed by atoms with Gasteiger partial charge in [-0.3, -0.25) is 0 Å². The summed E-state index contributed by atoms with van der Waals surface area (Å²) in [4.78, 5) is 2.63. The maximum atomic E-state index is 5.52. The smallest absolute Gasteiger partial charge is 0.0531 e. The molecule has 18 heavy (non-hydrogen) atoms.